The lowest BCUT2D eigenvalue weighted by molar-refractivity contribution is 0.556. The molecule has 3 nitrogen and oxygen atoms in total. The molecule has 4 heteroatoms. The zero-order valence-electron chi connectivity index (χ0n) is 9.94. The number of hydrogen-bond donors (Lipinski definition) is 1. The maximum Gasteiger partial charge on any atom is 0.187 e. The molecule has 0 spiro atoms. The van der Waals surface area contributed by atoms with E-state index in [1.54, 1.807) is 11.8 Å². The zero-order chi connectivity index (χ0) is 11.4. The molecule has 2 rings (SSSR count). The predicted molar refractivity (Wildman–Crippen MR) is 67.7 cm³/mol. The normalized spacial score (nSPS) is 17.4. The van der Waals surface area contributed by atoms with Crippen molar-refractivity contribution in [1.82, 2.24) is 15.3 Å². The lowest BCUT2D eigenvalue weighted by Gasteiger charge is -2.11. The van der Waals surface area contributed by atoms with E-state index in [2.05, 4.69) is 22.2 Å². The Morgan fingerprint density at radius 3 is 3.06 bits per heavy atom. The Hall–Kier alpha value is -0.610. The number of thioether (sulfide) groups is 1. The number of hydrogen-bond acceptors (Lipinski definition) is 4. The van der Waals surface area contributed by atoms with Crippen molar-refractivity contribution in [3.63, 3.8) is 0 Å². The fourth-order valence-corrected chi connectivity index (χ4v) is 2.32. The van der Waals surface area contributed by atoms with Crippen LogP contribution in [0.1, 0.15) is 25.5 Å². The van der Waals surface area contributed by atoms with Gasteiger partial charge in [-0.15, -0.1) is 0 Å². The molecule has 0 radical (unpaired) electrons. The molecular weight excluding hydrogens is 218 g/mol. The van der Waals surface area contributed by atoms with Crippen molar-refractivity contribution in [3.8, 4) is 0 Å². The van der Waals surface area contributed by atoms with Gasteiger partial charge in [0.25, 0.3) is 0 Å². The Morgan fingerprint density at radius 2 is 2.38 bits per heavy atom. The fourth-order valence-electron chi connectivity index (χ4n) is 1.43. The monoisotopic (exact) mass is 237 g/mol. The first-order chi connectivity index (χ1) is 7.74. The second kappa shape index (κ2) is 5.64. The summed E-state index contributed by atoms with van der Waals surface area (Å²) in [6.07, 6.45) is 4.56. The molecule has 0 saturated heterocycles. The molecule has 0 bridgehead atoms. The highest BCUT2D eigenvalue weighted by atomic mass is 32.2. The molecule has 1 fully saturated rings. The Kier molecular flexibility index (Phi) is 4.18. The van der Waals surface area contributed by atoms with Crippen molar-refractivity contribution in [3.05, 3.63) is 18.0 Å². The molecule has 1 saturated carbocycles. The molecule has 88 valence electrons. The first-order valence-electron chi connectivity index (χ1n) is 5.90. The molecule has 1 aromatic heterocycles. The summed E-state index contributed by atoms with van der Waals surface area (Å²) < 4.78 is 0. The van der Waals surface area contributed by atoms with Gasteiger partial charge in [0, 0.05) is 23.7 Å². The van der Waals surface area contributed by atoms with Crippen LogP contribution in [0.15, 0.2) is 17.4 Å². The summed E-state index contributed by atoms with van der Waals surface area (Å²) >= 11 is 1.75. The summed E-state index contributed by atoms with van der Waals surface area (Å²) in [7, 11) is 0. The van der Waals surface area contributed by atoms with Gasteiger partial charge in [-0.25, -0.2) is 9.97 Å². The van der Waals surface area contributed by atoms with E-state index >= 15 is 0 Å². The van der Waals surface area contributed by atoms with E-state index in [4.69, 9.17) is 0 Å². The van der Waals surface area contributed by atoms with E-state index in [0.717, 1.165) is 29.2 Å². The zero-order valence-corrected chi connectivity index (χ0v) is 10.8. The Labute approximate surface area is 101 Å². The molecule has 16 heavy (non-hydrogen) atoms. The quantitative estimate of drug-likeness (QED) is 0.608. The van der Waals surface area contributed by atoms with Gasteiger partial charge in [-0.3, -0.25) is 0 Å². The van der Waals surface area contributed by atoms with Gasteiger partial charge in [-0.05, 0) is 38.3 Å². The molecule has 0 amide bonds. The third kappa shape index (κ3) is 4.10. The van der Waals surface area contributed by atoms with E-state index in [9.17, 15) is 0 Å². The summed E-state index contributed by atoms with van der Waals surface area (Å²) in [5.41, 5.74) is 1.04. The third-order valence-electron chi connectivity index (χ3n) is 2.60. The van der Waals surface area contributed by atoms with Gasteiger partial charge in [0.1, 0.15) is 0 Å². The molecule has 1 aliphatic rings. The number of nitrogens with zero attached hydrogens (tertiary/aromatic N) is 2. The van der Waals surface area contributed by atoms with Crippen molar-refractivity contribution < 1.29 is 0 Å². The fraction of sp³-hybridized carbons (Fsp3) is 0.667. The van der Waals surface area contributed by atoms with Gasteiger partial charge in [0.2, 0.25) is 0 Å². The van der Waals surface area contributed by atoms with Crippen LogP contribution in [-0.2, 0) is 0 Å². The first-order valence-corrected chi connectivity index (χ1v) is 6.88. The summed E-state index contributed by atoms with van der Waals surface area (Å²) in [5, 5.41) is 4.45. The first kappa shape index (κ1) is 11.9. The SMILES string of the molecule is Cc1ccnc(SCC(C)CNC2CC2)n1. The van der Waals surface area contributed by atoms with Crippen molar-refractivity contribution >= 4 is 11.8 Å². The minimum Gasteiger partial charge on any atom is -0.314 e. The molecule has 1 heterocycles. The van der Waals surface area contributed by atoms with Crippen LogP contribution < -0.4 is 5.32 Å². The van der Waals surface area contributed by atoms with Gasteiger partial charge in [0.15, 0.2) is 5.16 Å². The number of rotatable bonds is 6. The second-order valence-electron chi connectivity index (χ2n) is 4.58. The summed E-state index contributed by atoms with van der Waals surface area (Å²) in [4.78, 5) is 8.63. The van der Waals surface area contributed by atoms with Gasteiger partial charge < -0.3 is 5.32 Å². The van der Waals surface area contributed by atoms with Gasteiger partial charge in [-0.1, -0.05) is 18.7 Å². The number of aryl methyl sites for hydroxylation is 1. The van der Waals surface area contributed by atoms with Crippen LogP contribution in [0.4, 0.5) is 0 Å². The maximum absolute atomic E-state index is 4.38. The van der Waals surface area contributed by atoms with Crippen LogP contribution in [0.3, 0.4) is 0 Å². The topological polar surface area (TPSA) is 37.8 Å². The number of nitrogens with one attached hydrogen (secondary N) is 1. The van der Waals surface area contributed by atoms with Crippen LogP contribution in [0.2, 0.25) is 0 Å². The highest BCUT2D eigenvalue weighted by Gasteiger charge is 2.20. The summed E-state index contributed by atoms with van der Waals surface area (Å²) in [5.74, 6) is 1.76. The highest BCUT2D eigenvalue weighted by molar-refractivity contribution is 7.99. The summed E-state index contributed by atoms with van der Waals surface area (Å²) in [6.45, 7) is 5.39. The van der Waals surface area contributed by atoms with Crippen LogP contribution in [-0.4, -0.2) is 28.3 Å². The molecule has 1 unspecified atom stereocenters. The van der Waals surface area contributed by atoms with E-state index in [1.165, 1.54) is 12.8 Å². The molecule has 1 N–H and O–H groups in total. The van der Waals surface area contributed by atoms with Crippen molar-refractivity contribution in [2.24, 2.45) is 5.92 Å². The third-order valence-corrected chi connectivity index (χ3v) is 3.79. The lowest BCUT2D eigenvalue weighted by Crippen LogP contribution is -2.24. The molecule has 1 aliphatic carbocycles. The summed E-state index contributed by atoms with van der Waals surface area (Å²) in [6, 6.07) is 2.74. The number of aromatic nitrogens is 2. The Balaban J connectivity index is 1.69. The van der Waals surface area contributed by atoms with Crippen LogP contribution >= 0.6 is 11.8 Å². The Morgan fingerprint density at radius 1 is 1.56 bits per heavy atom. The average molecular weight is 237 g/mol. The van der Waals surface area contributed by atoms with Crippen molar-refractivity contribution in [1.29, 1.82) is 0 Å². The molecule has 1 aromatic rings. The molecule has 1 atom stereocenters. The van der Waals surface area contributed by atoms with Gasteiger partial charge in [-0.2, -0.15) is 0 Å². The van der Waals surface area contributed by atoms with Crippen LogP contribution in [0, 0.1) is 12.8 Å². The molecule has 0 aliphatic heterocycles. The standard InChI is InChI=1S/C12H19N3S/c1-9(7-14-11-3-4-11)8-16-12-13-6-5-10(2)15-12/h5-6,9,11,14H,3-4,7-8H2,1-2H3. The minimum absolute atomic E-state index is 0.676. The largest absolute Gasteiger partial charge is 0.314 e. The highest BCUT2D eigenvalue weighted by Crippen LogP contribution is 2.20. The van der Waals surface area contributed by atoms with Crippen LogP contribution in [0.25, 0.3) is 0 Å². The van der Waals surface area contributed by atoms with Crippen LogP contribution in [0.5, 0.6) is 0 Å². The maximum atomic E-state index is 4.38. The van der Waals surface area contributed by atoms with Gasteiger partial charge >= 0.3 is 0 Å². The predicted octanol–water partition coefficient (Wildman–Crippen LogP) is 2.27. The van der Waals surface area contributed by atoms with Gasteiger partial charge in [0.05, 0.1) is 0 Å². The second-order valence-corrected chi connectivity index (χ2v) is 5.57. The van der Waals surface area contributed by atoms with Crippen molar-refractivity contribution in [2.45, 2.75) is 37.9 Å². The van der Waals surface area contributed by atoms with E-state index in [-0.39, 0.29) is 0 Å². The average Bonchev–Trinajstić information content (AvgIpc) is 3.07. The Bertz CT molecular complexity index is 339. The minimum atomic E-state index is 0.676. The molecular formula is C12H19N3S. The smallest absolute Gasteiger partial charge is 0.187 e. The van der Waals surface area contributed by atoms with E-state index in [1.807, 2.05) is 19.2 Å². The van der Waals surface area contributed by atoms with Crippen molar-refractivity contribution in [2.75, 3.05) is 12.3 Å². The lowest BCUT2D eigenvalue weighted by atomic mass is 10.2. The van der Waals surface area contributed by atoms with E-state index in [0.29, 0.717) is 5.92 Å². The van der Waals surface area contributed by atoms with E-state index < -0.39 is 0 Å². The molecule has 0 aromatic carbocycles.